The van der Waals surface area contributed by atoms with Gasteiger partial charge in [0, 0.05) is 10.7 Å². The highest BCUT2D eigenvalue weighted by molar-refractivity contribution is 9.10. The first-order valence-corrected chi connectivity index (χ1v) is 6.50. The minimum atomic E-state index is -1.12. The zero-order valence-electron chi connectivity index (χ0n) is 9.64. The minimum Gasteiger partial charge on any atom is -0.486 e. The van der Waals surface area contributed by atoms with Crippen molar-refractivity contribution in [3.8, 4) is 5.75 Å². The van der Waals surface area contributed by atoms with E-state index in [0.717, 1.165) is 4.47 Å². The summed E-state index contributed by atoms with van der Waals surface area (Å²) in [6.45, 7) is 0.175. The van der Waals surface area contributed by atoms with E-state index in [9.17, 15) is 4.79 Å². The molecule has 19 heavy (non-hydrogen) atoms. The first-order valence-electron chi connectivity index (χ1n) is 5.33. The number of rotatable bonds is 4. The molecule has 0 fully saturated rings. The van der Waals surface area contributed by atoms with Crippen molar-refractivity contribution < 1.29 is 14.6 Å². The molecule has 0 saturated carbocycles. The normalized spacial score (nSPS) is 10.2. The van der Waals surface area contributed by atoms with Crippen LogP contribution in [0.5, 0.6) is 5.75 Å². The predicted octanol–water partition coefficient (Wildman–Crippen LogP) is 3.77. The van der Waals surface area contributed by atoms with Crippen LogP contribution in [0, 0.1) is 0 Å². The van der Waals surface area contributed by atoms with Crippen molar-refractivity contribution in [3.63, 3.8) is 0 Å². The summed E-state index contributed by atoms with van der Waals surface area (Å²) >= 11 is 9.13. The molecule has 0 aliphatic rings. The third kappa shape index (κ3) is 3.45. The Labute approximate surface area is 123 Å². The molecule has 2 aromatic rings. The molecule has 0 saturated heterocycles. The van der Waals surface area contributed by atoms with Crippen molar-refractivity contribution in [2.45, 2.75) is 6.61 Å². The number of benzene rings is 1. The number of nitrogens with zero attached hydrogens (tertiary/aromatic N) is 1. The molecule has 0 aliphatic heterocycles. The Morgan fingerprint density at radius 1 is 1.37 bits per heavy atom. The fraction of sp³-hybridized carbons (Fsp3) is 0.0769. The van der Waals surface area contributed by atoms with Crippen LogP contribution < -0.4 is 4.74 Å². The van der Waals surface area contributed by atoms with Crippen LogP contribution in [-0.2, 0) is 6.61 Å². The van der Waals surface area contributed by atoms with Gasteiger partial charge >= 0.3 is 5.97 Å². The third-order valence-electron chi connectivity index (χ3n) is 2.35. The van der Waals surface area contributed by atoms with E-state index in [1.54, 1.807) is 24.4 Å². The van der Waals surface area contributed by atoms with Crippen molar-refractivity contribution in [3.05, 3.63) is 57.3 Å². The molecule has 0 spiro atoms. The Hall–Kier alpha value is -1.59. The maximum atomic E-state index is 11.1. The summed E-state index contributed by atoms with van der Waals surface area (Å²) in [5, 5.41) is 9.24. The third-order valence-corrected chi connectivity index (χ3v) is 3.14. The van der Waals surface area contributed by atoms with Crippen molar-refractivity contribution >= 4 is 33.5 Å². The van der Waals surface area contributed by atoms with Crippen molar-refractivity contribution in [2.75, 3.05) is 0 Å². The van der Waals surface area contributed by atoms with Gasteiger partial charge in [-0.05, 0) is 40.2 Å². The number of carboxylic acid groups (broad SMARTS) is 1. The van der Waals surface area contributed by atoms with Crippen LogP contribution in [0.3, 0.4) is 0 Å². The van der Waals surface area contributed by atoms with Crippen molar-refractivity contribution in [1.29, 1.82) is 0 Å². The number of halogens is 2. The molecule has 2 rings (SSSR count). The van der Waals surface area contributed by atoms with Gasteiger partial charge in [-0.2, -0.15) is 0 Å². The molecular weight excluding hydrogens is 334 g/mol. The van der Waals surface area contributed by atoms with Gasteiger partial charge in [-0.3, -0.25) is 4.98 Å². The molecule has 6 heteroatoms. The highest BCUT2D eigenvalue weighted by atomic mass is 79.9. The van der Waals surface area contributed by atoms with E-state index in [-0.39, 0.29) is 22.9 Å². The standard InChI is InChI=1S/C13H9BrClNO3/c14-8-4-5-9(16-6-8)7-19-11-3-1-2-10(15)12(11)13(17)18/h1-6H,7H2,(H,17,18). The van der Waals surface area contributed by atoms with Gasteiger partial charge in [-0.1, -0.05) is 17.7 Å². The maximum Gasteiger partial charge on any atom is 0.341 e. The Morgan fingerprint density at radius 3 is 2.79 bits per heavy atom. The Bertz CT molecular complexity index is 601. The monoisotopic (exact) mass is 341 g/mol. The van der Waals surface area contributed by atoms with E-state index in [0.29, 0.717) is 5.69 Å². The molecule has 0 aliphatic carbocycles. The largest absolute Gasteiger partial charge is 0.486 e. The van der Waals surface area contributed by atoms with Crippen LogP contribution in [0.2, 0.25) is 5.02 Å². The molecule has 0 radical (unpaired) electrons. The number of carbonyl (C=O) groups is 1. The predicted molar refractivity (Wildman–Crippen MR) is 74.7 cm³/mol. The Balaban J connectivity index is 2.18. The number of pyridine rings is 1. The van der Waals surface area contributed by atoms with Crippen LogP contribution in [0.15, 0.2) is 41.0 Å². The van der Waals surface area contributed by atoms with Gasteiger partial charge in [0.1, 0.15) is 17.9 Å². The van der Waals surface area contributed by atoms with Gasteiger partial charge in [0.2, 0.25) is 0 Å². The molecule has 98 valence electrons. The summed E-state index contributed by atoms with van der Waals surface area (Å²) in [5.41, 5.74) is 0.654. The average molecular weight is 343 g/mol. The summed E-state index contributed by atoms with van der Waals surface area (Å²) in [7, 11) is 0. The molecular formula is C13H9BrClNO3. The lowest BCUT2D eigenvalue weighted by atomic mass is 10.2. The van der Waals surface area contributed by atoms with Crippen molar-refractivity contribution in [2.24, 2.45) is 0 Å². The highest BCUT2D eigenvalue weighted by Crippen LogP contribution is 2.27. The molecule has 4 nitrogen and oxygen atoms in total. The summed E-state index contributed by atoms with van der Waals surface area (Å²) in [5.74, 6) is -0.894. The molecule has 1 aromatic carbocycles. The lowest BCUT2D eigenvalue weighted by Crippen LogP contribution is -2.05. The number of hydrogen-bond donors (Lipinski definition) is 1. The van der Waals surface area contributed by atoms with Gasteiger partial charge < -0.3 is 9.84 Å². The van der Waals surface area contributed by atoms with E-state index < -0.39 is 5.97 Å². The second-order valence-electron chi connectivity index (χ2n) is 3.67. The Kier molecular flexibility index (Phi) is 4.39. The summed E-state index contributed by atoms with van der Waals surface area (Å²) in [6, 6.07) is 8.33. The number of aromatic nitrogens is 1. The second kappa shape index (κ2) is 6.04. The van der Waals surface area contributed by atoms with Crippen LogP contribution in [0.4, 0.5) is 0 Å². The quantitative estimate of drug-likeness (QED) is 0.918. The number of aromatic carboxylic acids is 1. The smallest absolute Gasteiger partial charge is 0.341 e. The van der Waals surface area contributed by atoms with Crippen LogP contribution in [0.25, 0.3) is 0 Å². The SMILES string of the molecule is O=C(O)c1c(Cl)cccc1OCc1ccc(Br)cn1. The van der Waals surface area contributed by atoms with Crippen molar-refractivity contribution in [1.82, 2.24) is 4.98 Å². The number of carboxylic acids is 1. The highest BCUT2D eigenvalue weighted by Gasteiger charge is 2.15. The van der Waals surface area contributed by atoms with E-state index in [4.69, 9.17) is 21.4 Å². The van der Waals surface area contributed by atoms with Crippen LogP contribution >= 0.6 is 27.5 Å². The Morgan fingerprint density at radius 2 is 2.16 bits per heavy atom. The molecule has 1 N–H and O–H groups in total. The first-order chi connectivity index (χ1) is 9.08. The van der Waals surface area contributed by atoms with E-state index >= 15 is 0 Å². The molecule has 0 unspecified atom stereocenters. The van der Waals surface area contributed by atoms with Gasteiger partial charge in [0.15, 0.2) is 0 Å². The van der Waals surface area contributed by atoms with Gasteiger partial charge in [0.05, 0.1) is 10.7 Å². The minimum absolute atomic E-state index is 0.0405. The van der Waals surface area contributed by atoms with E-state index in [2.05, 4.69) is 20.9 Å². The fourth-order valence-corrected chi connectivity index (χ4v) is 1.96. The molecule has 0 amide bonds. The van der Waals surface area contributed by atoms with Crippen LogP contribution in [-0.4, -0.2) is 16.1 Å². The summed E-state index contributed by atoms with van der Waals surface area (Å²) in [4.78, 5) is 15.3. The number of ether oxygens (including phenoxy) is 1. The average Bonchev–Trinajstić information content (AvgIpc) is 2.37. The number of hydrogen-bond acceptors (Lipinski definition) is 3. The van der Waals surface area contributed by atoms with Crippen LogP contribution in [0.1, 0.15) is 16.1 Å². The fourth-order valence-electron chi connectivity index (χ4n) is 1.48. The van der Waals surface area contributed by atoms with Gasteiger partial charge in [-0.15, -0.1) is 0 Å². The second-order valence-corrected chi connectivity index (χ2v) is 5.00. The molecule has 1 aromatic heterocycles. The molecule has 1 heterocycles. The maximum absolute atomic E-state index is 11.1. The first kappa shape index (κ1) is 13.8. The summed E-state index contributed by atoms with van der Waals surface area (Å²) < 4.78 is 6.33. The van der Waals surface area contributed by atoms with Gasteiger partial charge in [0.25, 0.3) is 0 Å². The van der Waals surface area contributed by atoms with E-state index in [1.807, 2.05) is 6.07 Å². The zero-order chi connectivity index (χ0) is 13.8. The van der Waals surface area contributed by atoms with E-state index in [1.165, 1.54) is 6.07 Å². The zero-order valence-corrected chi connectivity index (χ0v) is 12.0. The lowest BCUT2D eigenvalue weighted by molar-refractivity contribution is 0.0692. The topological polar surface area (TPSA) is 59.4 Å². The van der Waals surface area contributed by atoms with Gasteiger partial charge in [-0.25, -0.2) is 4.79 Å². The molecule has 0 bridgehead atoms. The lowest BCUT2D eigenvalue weighted by Gasteiger charge is -2.09. The molecule has 0 atom stereocenters. The summed E-state index contributed by atoms with van der Waals surface area (Å²) in [6.07, 6.45) is 1.65.